The minimum Gasteiger partial charge on any atom is -0.376 e. The Balaban J connectivity index is 1.70. The summed E-state index contributed by atoms with van der Waals surface area (Å²) in [4.78, 5) is 20.4. The van der Waals surface area contributed by atoms with Crippen LogP contribution in [-0.2, 0) is 23.0 Å². The van der Waals surface area contributed by atoms with Crippen LogP contribution in [0.4, 0.5) is 0 Å². The van der Waals surface area contributed by atoms with E-state index in [0.29, 0.717) is 5.69 Å². The van der Waals surface area contributed by atoms with Gasteiger partial charge in [-0.05, 0) is 45.1 Å². The number of fused-ring (bicyclic) bond motifs is 1. The third-order valence-electron chi connectivity index (χ3n) is 5.66. The summed E-state index contributed by atoms with van der Waals surface area (Å²) in [5.74, 6) is 0.856. The van der Waals surface area contributed by atoms with Crippen molar-refractivity contribution in [2.24, 2.45) is 0 Å². The first-order valence-electron chi connectivity index (χ1n) is 9.53. The summed E-state index contributed by atoms with van der Waals surface area (Å²) in [6.07, 6.45) is 4.50. The van der Waals surface area contributed by atoms with Gasteiger partial charge in [-0.2, -0.15) is 0 Å². The number of aryl methyl sites for hydroxylation is 1. The molecule has 4 rings (SSSR count). The largest absolute Gasteiger partial charge is 0.376 e. The van der Waals surface area contributed by atoms with Crippen LogP contribution in [-0.4, -0.2) is 34.6 Å². The van der Waals surface area contributed by atoms with Crippen molar-refractivity contribution in [2.75, 3.05) is 13.2 Å². The van der Waals surface area contributed by atoms with Gasteiger partial charge >= 0.3 is 0 Å². The average molecular weight is 353 g/mol. The third kappa shape index (κ3) is 3.28. The van der Waals surface area contributed by atoms with Gasteiger partial charge in [0, 0.05) is 30.7 Å². The number of imidazole rings is 1. The second-order valence-corrected chi connectivity index (χ2v) is 8.23. The number of benzene rings is 1. The highest BCUT2D eigenvalue weighted by atomic mass is 16.5. The Morgan fingerprint density at radius 2 is 2.04 bits per heavy atom. The summed E-state index contributed by atoms with van der Waals surface area (Å²) >= 11 is 0. The van der Waals surface area contributed by atoms with E-state index in [4.69, 9.17) is 9.72 Å². The molecule has 1 saturated heterocycles. The van der Waals surface area contributed by atoms with Gasteiger partial charge in [0.05, 0.1) is 5.60 Å². The molecule has 0 radical (unpaired) electrons. The number of hydrogen-bond donors (Lipinski definition) is 2. The molecule has 0 saturated carbocycles. The predicted octanol–water partition coefficient (Wildman–Crippen LogP) is 3.16. The minimum atomic E-state index is -0.171. The smallest absolute Gasteiger partial charge is 0.271 e. The van der Waals surface area contributed by atoms with Crippen LogP contribution in [0.5, 0.6) is 0 Å². The molecule has 1 atom stereocenters. The molecule has 26 heavy (non-hydrogen) atoms. The van der Waals surface area contributed by atoms with Crippen LogP contribution in [0.15, 0.2) is 30.3 Å². The van der Waals surface area contributed by atoms with E-state index in [0.717, 1.165) is 56.8 Å². The molecular formula is C21H27N3O2. The lowest BCUT2D eigenvalue weighted by atomic mass is 9.67. The number of nitrogens with zero attached hydrogens (tertiary/aromatic N) is 1. The Morgan fingerprint density at radius 1 is 1.23 bits per heavy atom. The molecule has 138 valence electrons. The maximum atomic E-state index is 12.3. The van der Waals surface area contributed by atoms with Crippen molar-refractivity contribution in [1.29, 1.82) is 0 Å². The molecule has 0 bridgehead atoms. The highest BCUT2D eigenvalue weighted by molar-refractivity contribution is 5.93. The second-order valence-electron chi connectivity index (χ2n) is 8.23. The zero-order valence-electron chi connectivity index (χ0n) is 15.6. The fraction of sp³-hybridized carbons (Fsp3) is 0.524. The lowest BCUT2D eigenvalue weighted by molar-refractivity contribution is -0.0827. The first kappa shape index (κ1) is 17.3. The lowest BCUT2D eigenvalue weighted by Crippen LogP contribution is -2.45. The number of H-pyrrole nitrogens is 1. The van der Waals surface area contributed by atoms with Crippen molar-refractivity contribution < 1.29 is 9.53 Å². The van der Waals surface area contributed by atoms with E-state index in [1.807, 2.05) is 0 Å². The fourth-order valence-electron chi connectivity index (χ4n) is 4.56. The number of hydrogen-bond acceptors (Lipinski definition) is 3. The number of ether oxygens (including phenoxy) is 1. The molecule has 0 spiro atoms. The maximum absolute atomic E-state index is 12.3. The average Bonchev–Trinajstić information content (AvgIpc) is 2.93. The van der Waals surface area contributed by atoms with Crippen molar-refractivity contribution in [3.05, 3.63) is 53.1 Å². The molecule has 1 amide bonds. The van der Waals surface area contributed by atoms with E-state index in [1.54, 1.807) is 0 Å². The third-order valence-corrected chi connectivity index (χ3v) is 5.66. The number of nitrogens with one attached hydrogen (secondary N) is 2. The minimum absolute atomic E-state index is 0.0317. The summed E-state index contributed by atoms with van der Waals surface area (Å²) in [6, 6.07) is 10.7. The zero-order chi connectivity index (χ0) is 18.2. The molecule has 1 unspecified atom stereocenters. The summed E-state index contributed by atoms with van der Waals surface area (Å²) < 4.78 is 6.00. The quantitative estimate of drug-likeness (QED) is 0.891. The van der Waals surface area contributed by atoms with Crippen LogP contribution in [0.2, 0.25) is 0 Å². The number of aromatic nitrogens is 2. The number of aromatic amines is 1. The first-order valence-corrected chi connectivity index (χ1v) is 9.53. The molecule has 3 heterocycles. The molecule has 1 aromatic carbocycles. The molecule has 1 aromatic heterocycles. The predicted molar refractivity (Wildman–Crippen MR) is 100 cm³/mol. The van der Waals surface area contributed by atoms with Crippen molar-refractivity contribution in [3.8, 4) is 0 Å². The topological polar surface area (TPSA) is 67.0 Å². The Morgan fingerprint density at radius 3 is 2.81 bits per heavy atom. The monoisotopic (exact) mass is 353 g/mol. The maximum Gasteiger partial charge on any atom is 0.271 e. The van der Waals surface area contributed by atoms with Crippen molar-refractivity contribution in [3.63, 3.8) is 0 Å². The van der Waals surface area contributed by atoms with E-state index in [1.165, 1.54) is 5.56 Å². The molecule has 2 aliphatic heterocycles. The van der Waals surface area contributed by atoms with Gasteiger partial charge in [-0.1, -0.05) is 30.3 Å². The standard InChI is InChI=1S/C21H27N3O2/c1-20(2)14-21(10-12-26-20,15-7-4-3-5-8-15)13-17-23-16-9-6-11-22-19(25)18(16)24-17/h3-5,7-8H,6,9-14H2,1-2H3,(H,22,25)(H,23,24). The Labute approximate surface area is 154 Å². The Bertz CT molecular complexity index is 797. The van der Waals surface area contributed by atoms with Crippen LogP contribution in [0.3, 0.4) is 0 Å². The molecule has 0 aliphatic carbocycles. The summed E-state index contributed by atoms with van der Waals surface area (Å²) in [5.41, 5.74) is 2.68. The first-order chi connectivity index (χ1) is 12.5. The summed E-state index contributed by atoms with van der Waals surface area (Å²) in [7, 11) is 0. The van der Waals surface area contributed by atoms with E-state index < -0.39 is 0 Å². The Kier molecular flexibility index (Phi) is 4.35. The SMILES string of the molecule is CC1(C)CC(Cc2nc3c([nH]2)CCCNC3=O)(c2ccccc2)CCO1. The van der Waals surface area contributed by atoms with Gasteiger partial charge in [0.15, 0.2) is 0 Å². The van der Waals surface area contributed by atoms with Crippen molar-refractivity contribution >= 4 is 5.91 Å². The molecule has 1 fully saturated rings. The number of rotatable bonds is 3. The number of carbonyl (C=O) groups is 1. The number of amides is 1. The second kappa shape index (κ2) is 6.54. The van der Waals surface area contributed by atoms with E-state index in [-0.39, 0.29) is 16.9 Å². The lowest BCUT2D eigenvalue weighted by Gasteiger charge is -2.45. The van der Waals surface area contributed by atoms with Gasteiger partial charge < -0.3 is 15.0 Å². The zero-order valence-corrected chi connectivity index (χ0v) is 15.6. The van der Waals surface area contributed by atoms with Gasteiger partial charge in [0.1, 0.15) is 11.5 Å². The normalized spacial score (nSPS) is 25.2. The van der Waals surface area contributed by atoms with Crippen LogP contribution < -0.4 is 5.32 Å². The molecule has 2 aliphatic rings. The van der Waals surface area contributed by atoms with Crippen LogP contribution in [0.25, 0.3) is 0 Å². The van der Waals surface area contributed by atoms with Gasteiger partial charge in [-0.25, -0.2) is 4.98 Å². The van der Waals surface area contributed by atoms with Gasteiger partial charge in [-0.15, -0.1) is 0 Å². The van der Waals surface area contributed by atoms with Crippen LogP contribution in [0, 0.1) is 0 Å². The summed E-state index contributed by atoms with van der Waals surface area (Å²) in [5, 5.41) is 2.93. The van der Waals surface area contributed by atoms with Gasteiger partial charge in [0.25, 0.3) is 5.91 Å². The van der Waals surface area contributed by atoms with E-state index in [2.05, 4.69) is 54.5 Å². The van der Waals surface area contributed by atoms with Gasteiger partial charge in [0.2, 0.25) is 0 Å². The molecule has 2 N–H and O–H groups in total. The molecular weight excluding hydrogens is 326 g/mol. The van der Waals surface area contributed by atoms with Gasteiger partial charge in [-0.3, -0.25) is 4.79 Å². The van der Waals surface area contributed by atoms with Crippen molar-refractivity contribution in [2.45, 2.75) is 57.0 Å². The molecule has 5 nitrogen and oxygen atoms in total. The number of carbonyl (C=O) groups excluding carboxylic acids is 1. The van der Waals surface area contributed by atoms with Crippen molar-refractivity contribution in [1.82, 2.24) is 15.3 Å². The summed E-state index contributed by atoms with van der Waals surface area (Å²) in [6.45, 7) is 5.78. The molecule has 5 heteroatoms. The fourth-order valence-corrected chi connectivity index (χ4v) is 4.56. The Hall–Kier alpha value is -2.14. The van der Waals surface area contributed by atoms with Crippen LogP contribution in [0.1, 0.15) is 60.7 Å². The molecule has 2 aromatic rings. The highest BCUT2D eigenvalue weighted by Crippen LogP contribution is 2.43. The van der Waals surface area contributed by atoms with Crippen LogP contribution >= 0.6 is 0 Å². The highest BCUT2D eigenvalue weighted by Gasteiger charge is 2.43. The van der Waals surface area contributed by atoms with E-state index >= 15 is 0 Å². The van der Waals surface area contributed by atoms with E-state index in [9.17, 15) is 4.79 Å².